The van der Waals surface area contributed by atoms with Crippen LogP contribution in [0.1, 0.15) is 52.4 Å². The van der Waals surface area contributed by atoms with Crippen molar-refractivity contribution in [1.29, 1.82) is 0 Å². The maximum atomic E-state index is 12.7. The van der Waals surface area contributed by atoms with Crippen LogP contribution in [0, 0.1) is 0 Å². The first-order valence-electron chi connectivity index (χ1n) is 9.65. The van der Waals surface area contributed by atoms with Gasteiger partial charge in [-0.25, -0.2) is 0 Å². The van der Waals surface area contributed by atoms with E-state index in [1.807, 2.05) is 36.1 Å². The molecular weight excluding hydrogens is 426 g/mol. The van der Waals surface area contributed by atoms with E-state index in [0.717, 1.165) is 29.5 Å². The highest BCUT2D eigenvalue weighted by Gasteiger charge is 2.42. The second kappa shape index (κ2) is 10.8. The summed E-state index contributed by atoms with van der Waals surface area (Å²) < 4.78 is 0.949. The summed E-state index contributed by atoms with van der Waals surface area (Å²) in [6.45, 7) is 5.36. The van der Waals surface area contributed by atoms with E-state index < -0.39 is 6.04 Å². The average Bonchev–Trinajstić information content (AvgIpc) is 2.86. The molecule has 1 atom stereocenters. The molecule has 2 amide bonds. The van der Waals surface area contributed by atoms with Gasteiger partial charge in [0.1, 0.15) is 6.04 Å². The van der Waals surface area contributed by atoms with Crippen molar-refractivity contribution < 1.29 is 9.59 Å². The third kappa shape index (κ3) is 6.01. The first-order valence-corrected chi connectivity index (χ1v) is 10.9. The van der Waals surface area contributed by atoms with Crippen molar-refractivity contribution in [1.82, 2.24) is 9.80 Å². The second-order valence-corrected chi connectivity index (χ2v) is 8.03. The molecule has 2 rings (SSSR count). The molecule has 0 saturated carbocycles. The summed E-state index contributed by atoms with van der Waals surface area (Å²) in [6.07, 6.45) is 5.82. The Bertz CT molecular complexity index is 666. The highest BCUT2D eigenvalue weighted by molar-refractivity contribution is 9.10. The third-order valence-corrected chi connectivity index (χ3v) is 5.71. The normalized spacial score (nSPS) is 16.9. The van der Waals surface area contributed by atoms with E-state index >= 15 is 0 Å². The molecule has 1 aliphatic rings. The van der Waals surface area contributed by atoms with Crippen molar-refractivity contribution in [2.24, 2.45) is 0 Å². The molecule has 1 heterocycles. The van der Waals surface area contributed by atoms with Gasteiger partial charge in [-0.2, -0.15) is 0 Å². The maximum absolute atomic E-state index is 12.7. The second-order valence-electron chi connectivity index (χ2n) is 6.75. The number of rotatable bonds is 10. The summed E-state index contributed by atoms with van der Waals surface area (Å²) in [6, 6.07) is 6.89. The molecule has 1 aliphatic heterocycles. The molecule has 5 nitrogen and oxygen atoms in total. The molecule has 0 aliphatic carbocycles. The highest BCUT2D eigenvalue weighted by Crippen LogP contribution is 2.22. The molecule has 0 aromatic heterocycles. The van der Waals surface area contributed by atoms with Crippen LogP contribution in [-0.2, 0) is 9.59 Å². The number of benzene rings is 1. The fourth-order valence-electron chi connectivity index (χ4n) is 3.24. The first-order chi connectivity index (χ1) is 13.0. The number of likely N-dealkylation sites (N-methyl/N-ethyl adjacent to an activating group) is 1. The van der Waals surface area contributed by atoms with E-state index in [9.17, 15) is 9.59 Å². The highest BCUT2D eigenvalue weighted by atomic mass is 79.9. The van der Waals surface area contributed by atoms with Crippen LogP contribution in [0.5, 0.6) is 0 Å². The van der Waals surface area contributed by atoms with Gasteiger partial charge in [0.05, 0.1) is 6.42 Å². The minimum absolute atomic E-state index is 0.0676. The minimum Gasteiger partial charge on any atom is -0.336 e. The average molecular weight is 454 g/mol. The number of carbonyl (C=O) groups is 2. The van der Waals surface area contributed by atoms with Gasteiger partial charge in [0.15, 0.2) is 5.11 Å². The van der Waals surface area contributed by atoms with Gasteiger partial charge in [-0.1, -0.05) is 48.5 Å². The van der Waals surface area contributed by atoms with Crippen LogP contribution in [0.25, 0.3) is 0 Å². The molecule has 7 heteroatoms. The molecule has 1 unspecified atom stereocenters. The monoisotopic (exact) mass is 453 g/mol. The van der Waals surface area contributed by atoms with Gasteiger partial charge in [-0.3, -0.25) is 14.5 Å². The lowest BCUT2D eigenvalue weighted by Crippen LogP contribution is -2.38. The van der Waals surface area contributed by atoms with Gasteiger partial charge in [0.2, 0.25) is 5.91 Å². The van der Waals surface area contributed by atoms with Gasteiger partial charge >= 0.3 is 0 Å². The van der Waals surface area contributed by atoms with Crippen LogP contribution in [0.2, 0.25) is 0 Å². The number of halogens is 1. The Morgan fingerprint density at radius 1 is 1.15 bits per heavy atom. The lowest BCUT2D eigenvalue weighted by molar-refractivity contribution is -0.130. The number of thiocarbonyl (C=S) groups is 1. The smallest absolute Gasteiger partial charge is 0.252 e. The molecule has 27 heavy (non-hydrogen) atoms. The number of anilines is 1. The minimum atomic E-state index is -0.501. The molecular formula is C20H28BrN3O2S. The maximum Gasteiger partial charge on any atom is 0.252 e. The Hall–Kier alpha value is -1.47. The summed E-state index contributed by atoms with van der Waals surface area (Å²) in [7, 11) is 0. The number of amides is 2. The number of unbranched alkanes of at least 4 members (excludes halogenated alkanes) is 4. The topological polar surface area (TPSA) is 52.7 Å². The molecule has 1 fully saturated rings. The van der Waals surface area contributed by atoms with Crippen molar-refractivity contribution in [3.8, 4) is 0 Å². The standard InChI is InChI=1S/C20H28BrN3O2S/c1-3-5-6-7-8-13-24-17(19(26)23(4-2)20(24)27)14-18(25)22-16-11-9-15(21)10-12-16/h9-12,17H,3-8,13-14H2,1-2H3,(H,22,25). The Morgan fingerprint density at radius 3 is 2.44 bits per heavy atom. The van der Waals surface area contributed by atoms with E-state index in [4.69, 9.17) is 12.2 Å². The zero-order valence-electron chi connectivity index (χ0n) is 16.0. The number of nitrogens with zero attached hydrogens (tertiary/aromatic N) is 2. The van der Waals surface area contributed by atoms with Crippen molar-refractivity contribution in [3.63, 3.8) is 0 Å². The molecule has 1 saturated heterocycles. The van der Waals surface area contributed by atoms with Gasteiger partial charge in [0, 0.05) is 23.2 Å². The van der Waals surface area contributed by atoms with E-state index in [-0.39, 0.29) is 18.2 Å². The lowest BCUT2D eigenvalue weighted by atomic mass is 10.1. The van der Waals surface area contributed by atoms with E-state index in [0.29, 0.717) is 11.7 Å². The summed E-state index contributed by atoms with van der Waals surface area (Å²) in [4.78, 5) is 28.8. The van der Waals surface area contributed by atoms with Gasteiger partial charge in [-0.05, 0) is 49.8 Å². The third-order valence-electron chi connectivity index (χ3n) is 4.73. The lowest BCUT2D eigenvalue weighted by Gasteiger charge is -2.23. The zero-order chi connectivity index (χ0) is 19.8. The van der Waals surface area contributed by atoms with Gasteiger partial charge in [-0.15, -0.1) is 0 Å². The summed E-state index contributed by atoms with van der Waals surface area (Å²) >= 11 is 8.88. The summed E-state index contributed by atoms with van der Waals surface area (Å²) in [5.74, 6) is -0.241. The molecule has 1 aromatic rings. The zero-order valence-corrected chi connectivity index (χ0v) is 18.4. The molecule has 1 N–H and O–H groups in total. The largest absolute Gasteiger partial charge is 0.336 e. The fourth-order valence-corrected chi connectivity index (χ4v) is 3.94. The van der Waals surface area contributed by atoms with E-state index in [1.165, 1.54) is 19.3 Å². The molecule has 0 spiro atoms. The Morgan fingerprint density at radius 2 is 1.81 bits per heavy atom. The predicted molar refractivity (Wildman–Crippen MR) is 117 cm³/mol. The van der Waals surface area contributed by atoms with Crippen LogP contribution < -0.4 is 5.32 Å². The van der Waals surface area contributed by atoms with Crippen LogP contribution >= 0.6 is 28.1 Å². The van der Waals surface area contributed by atoms with Crippen LogP contribution in [0.3, 0.4) is 0 Å². The van der Waals surface area contributed by atoms with E-state index in [1.54, 1.807) is 4.90 Å². The number of hydrogen-bond acceptors (Lipinski definition) is 3. The molecule has 1 aromatic carbocycles. The van der Waals surface area contributed by atoms with Crippen molar-refractivity contribution >= 4 is 50.8 Å². The van der Waals surface area contributed by atoms with Gasteiger partial charge in [0.25, 0.3) is 5.91 Å². The van der Waals surface area contributed by atoms with E-state index in [2.05, 4.69) is 28.2 Å². The number of hydrogen-bond donors (Lipinski definition) is 1. The van der Waals surface area contributed by atoms with Crippen LogP contribution in [0.15, 0.2) is 28.7 Å². The first kappa shape index (κ1) is 21.8. The summed E-state index contributed by atoms with van der Waals surface area (Å²) in [5.41, 5.74) is 0.717. The van der Waals surface area contributed by atoms with Crippen molar-refractivity contribution in [2.75, 3.05) is 18.4 Å². The molecule has 0 radical (unpaired) electrons. The van der Waals surface area contributed by atoms with Crippen molar-refractivity contribution in [3.05, 3.63) is 28.7 Å². The van der Waals surface area contributed by atoms with Crippen LogP contribution in [0.4, 0.5) is 5.69 Å². The quantitative estimate of drug-likeness (QED) is 0.416. The fraction of sp³-hybridized carbons (Fsp3) is 0.550. The summed E-state index contributed by atoms with van der Waals surface area (Å²) in [5, 5.41) is 3.42. The van der Waals surface area contributed by atoms with Crippen molar-refractivity contribution in [2.45, 2.75) is 58.4 Å². The van der Waals surface area contributed by atoms with Crippen LogP contribution in [-0.4, -0.2) is 45.9 Å². The Kier molecular flexibility index (Phi) is 8.70. The number of carbonyl (C=O) groups excluding carboxylic acids is 2. The van der Waals surface area contributed by atoms with Gasteiger partial charge < -0.3 is 10.2 Å². The SMILES string of the molecule is CCCCCCCN1C(=S)N(CC)C(=O)C1CC(=O)Nc1ccc(Br)cc1. The Labute approximate surface area is 175 Å². The molecule has 148 valence electrons. The number of nitrogens with one attached hydrogen (secondary N) is 1. The Balaban J connectivity index is 1.98. The molecule has 0 bridgehead atoms. The predicted octanol–water partition coefficient (Wildman–Crippen LogP) is 4.57.